The van der Waals surface area contributed by atoms with Crippen LogP contribution in [-0.2, 0) is 4.74 Å². The van der Waals surface area contributed by atoms with E-state index in [1.54, 1.807) is 0 Å². The molecule has 31 heavy (non-hydrogen) atoms. The highest BCUT2D eigenvalue weighted by Gasteiger charge is 2.44. The largest absolute Gasteiger partial charge is 0.365 e. The Balaban J connectivity index is 1.20. The van der Waals surface area contributed by atoms with E-state index in [1.165, 1.54) is 78.2 Å². The van der Waals surface area contributed by atoms with Gasteiger partial charge in [-0.2, -0.15) is 0 Å². The second-order valence-electron chi connectivity index (χ2n) is 11.4. The molecule has 0 saturated carbocycles. The zero-order valence-electron chi connectivity index (χ0n) is 20.9. The van der Waals surface area contributed by atoms with Gasteiger partial charge in [0.25, 0.3) is 0 Å². The lowest BCUT2D eigenvalue weighted by atomic mass is 9.72. The molecule has 0 amide bonds. The van der Waals surface area contributed by atoms with Crippen LogP contribution in [-0.4, -0.2) is 156 Å². The second-order valence-corrected chi connectivity index (χ2v) is 11.4. The van der Waals surface area contributed by atoms with Crippen LogP contribution in [0.4, 0.5) is 0 Å². The van der Waals surface area contributed by atoms with Crippen molar-refractivity contribution in [3.05, 3.63) is 0 Å². The molecule has 0 bridgehead atoms. The molecule has 1 spiro atoms. The van der Waals surface area contributed by atoms with Crippen LogP contribution >= 0.6 is 0 Å². The number of likely N-dealkylation sites (tertiary alicyclic amines) is 3. The van der Waals surface area contributed by atoms with Crippen molar-refractivity contribution in [3.8, 4) is 0 Å². The highest BCUT2D eigenvalue weighted by atomic mass is 16.5. The number of hydrogen-bond acceptors (Lipinski definition) is 7. The lowest BCUT2D eigenvalue weighted by molar-refractivity contribution is -0.0724. The fourth-order valence-corrected chi connectivity index (χ4v) is 6.54. The van der Waals surface area contributed by atoms with Gasteiger partial charge in [0.1, 0.15) is 0 Å². The quantitative estimate of drug-likeness (QED) is 0.424. The first-order chi connectivity index (χ1) is 14.8. The summed E-state index contributed by atoms with van der Waals surface area (Å²) in [4.78, 5) is 15.2. The van der Waals surface area contributed by atoms with Crippen molar-refractivity contribution in [1.29, 1.82) is 0 Å². The lowest BCUT2D eigenvalue weighted by Crippen LogP contribution is -2.62. The maximum absolute atomic E-state index is 6.20. The molecule has 7 nitrogen and oxygen atoms in total. The van der Waals surface area contributed by atoms with E-state index in [2.05, 4.69) is 64.6 Å². The number of likely N-dealkylation sites (N-methyl/N-ethyl adjacent to an activating group) is 2. The Kier molecular flexibility index (Phi) is 7.95. The number of piperazine rings is 1. The van der Waals surface area contributed by atoms with Crippen molar-refractivity contribution in [2.24, 2.45) is 11.3 Å². The molecule has 0 aliphatic carbocycles. The molecule has 180 valence electrons. The summed E-state index contributed by atoms with van der Waals surface area (Å²) in [6.07, 6.45) is 4.01. The van der Waals surface area contributed by atoms with E-state index in [9.17, 15) is 0 Å². The molecule has 4 aliphatic rings. The summed E-state index contributed by atoms with van der Waals surface area (Å²) < 4.78 is 6.20. The molecule has 0 aromatic heterocycles. The molecule has 4 rings (SSSR count). The van der Waals surface area contributed by atoms with Gasteiger partial charge in [-0.25, -0.2) is 0 Å². The van der Waals surface area contributed by atoms with E-state index < -0.39 is 0 Å². The van der Waals surface area contributed by atoms with Crippen molar-refractivity contribution >= 4 is 0 Å². The van der Waals surface area contributed by atoms with Crippen LogP contribution in [0.1, 0.15) is 19.3 Å². The third-order valence-corrected chi connectivity index (χ3v) is 8.80. The Morgan fingerprint density at radius 2 is 1.58 bits per heavy atom. The number of piperidine rings is 2. The third kappa shape index (κ3) is 5.81. The molecule has 4 saturated heterocycles. The molecule has 0 N–H and O–H groups in total. The molecule has 0 radical (unpaired) electrons. The summed E-state index contributed by atoms with van der Waals surface area (Å²) in [6.45, 7) is 13.8. The number of nitrogens with zero attached hydrogens (tertiary/aromatic N) is 6. The first kappa shape index (κ1) is 23.9. The average molecular weight is 437 g/mol. The van der Waals surface area contributed by atoms with Gasteiger partial charge in [0.05, 0.1) is 13.3 Å². The summed E-state index contributed by atoms with van der Waals surface area (Å²) in [5.74, 6) is 0.680. The van der Waals surface area contributed by atoms with Crippen molar-refractivity contribution in [1.82, 2.24) is 29.4 Å². The summed E-state index contributed by atoms with van der Waals surface area (Å²) in [5, 5.41) is 0. The molecular weight excluding hydrogens is 388 g/mol. The molecule has 3 atom stereocenters. The van der Waals surface area contributed by atoms with Gasteiger partial charge in [0, 0.05) is 63.8 Å². The van der Waals surface area contributed by atoms with Gasteiger partial charge in [0.15, 0.2) is 0 Å². The lowest BCUT2D eigenvalue weighted by Gasteiger charge is -2.54. The molecule has 0 aromatic rings. The predicted octanol–water partition coefficient (Wildman–Crippen LogP) is 0.486. The SMILES string of the molecule is CN1CCC2(CC1)CN(CCOCN(C)C1CCN(C)CC1C1CN(C)CCN1C)C2. The average Bonchev–Trinajstić information content (AvgIpc) is 2.72. The molecule has 0 aromatic carbocycles. The van der Waals surface area contributed by atoms with E-state index in [-0.39, 0.29) is 0 Å². The minimum Gasteiger partial charge on any atom is -0.365 e. The highest BCUT2D eigenvalue weighted by molar-refractivity contribution is 4.98. The normalized spacial score (nSPS) is 34.5. The smallest absolute Gasteiger partial charge is 0.0990 e. The summed E-state index contributed by atoms with van der Waals surface area (Å²) in [6, 6.07) is 1.25. The fraction of sp³-hybridized carbons (Fsp3) is 1.00. The van der Waals surface area contributed by atoms with Crippen LogP contribution in [0.5, 0.6) is 0 Å². The summed E-state index contributed by atoms with van der Waals surface area (Å²) >= 11 is 0. The van der Waals surface area contributed by atoms with Crippen LogP contribution in [0, 0.1) is 11.3 Å². The zero-order valence-corrected chi connectivity index (χ0v) is 20.9. The van der Waals surface area contributed by atoms with Gasteiger partial charge in [-0.15, -0.1) is 0 Å². The van der Waals surface area contributed by atoms with Crippen LogP contribution in [0.15, 0.2) is 0 Å². The third-order valence-electron chi connectivity index (χ3n) is 8.80. The van der Waals surface area contributed by atoms with Gasteiger partial charge in [-0.1, -0.05) is 0 Å². The Morgan fingerprint density at radius 1 is 0.871 bits per heavy atom. The van der Waals surface area contributed by atoms with E-state index >= 15 is 0 Å². The van der Waals surface area contributed by atoms with Crippen LogP contribution in [0.2, 0.25) is 0 Å². The molecule has 4 fully saturated rings. The zero-order chi connectivity index (χ0) is 22.0. The Labute approximate surface area is 191 Å². The maximum atomic E-state index is 6.20. The van der Waals surface area contributed by atoms with Gasteiger partial charge in [-0.3, -0.25) is 9.80 Å². The van der Waals surface area contributed by atoms with Crippen molar-refractivity contribution < 1.29 is 4.74 Å². The molecule has 4 aliphatic heterocycles. The maximum Gasteiger partial charge on any atom is 0.0990 e. The van der Waals surface area contributed by atoms with Crippen molar-refractivity contribution in [3.63, 3.8) is 0 Å². The molecule has 7 heteroatoms. The first-order valence-electron chi connectivity index (χ1n) is 12.6. The Morgan fingerprint density at radius 3 is 2.32 bits per heavy atom. The number of hydrogen-bond donors (Lipinski definition) is 0. The number of ether oxygens (including phenoxy) is 1. The molecule has 3 unspecified atom stereocenters. The summed E-state index contributed by atoms with van der Waals surface area (Å²) in [5.41, 5.74) is 0.629. The fourth-order valence-electron chi connectivity index (χ4n) is 6.54. The second kappa shape index (κ2) is 10.3. The van der Waals surface area contributed by atoms with E-state index in [0.717, 1.165) is 19.9 Å². The van der Waals surface area contributed by atoms with E-state index in [0.29, 0.717) is 23.4 Å². The minimum absolute atomic E-state index is 0.613. The van der Waals surface area contributed by atoms with Gasteiger partial charge in [-0.05, 0) is 79.6 Å². The standard InChI is InChI=1S/C24H48N6O/c1-25-10-7-24(8-11-25)18-30(19-24)14-15-31-20-29(5)22-6-9-26(2)16-21(22)23-17-27(3)12-13-28(23)4/h21-23H,6-20H2,1-5H3. The minimum atomic E-state index is 0.613. The Hall–Kier alpha value is -0.280. The molecular formula is C24H48N6O. The van der Waals surface area contributed by atoms with Crippen molar-refractivity contribution in [2.45, 2.75) is 31.3 Å². The highest BCUT2D eigenvalue weighted by Crippen LogP contribution is 2.39. The van der Waals surface area contributed by atoms with E-state index in [4.69, 9.17) is 4.74 Å². The Bertz CT molecular complexity index is 560. The monoisotopic (exact) mass is 436 g/mol. The predicted molar refractivity (Wildman–Crippen MR) is 127 cm³/mol. The number of rotatable bonds is 7. The molecule has 4 heterocycles. The van der Waals surface area contributed by atoms with Crippen LogP contribution in [0.25, 0.3) is 0 Å². The van der Waals surface area contributed by atoms with Gasteiger partial charge < -0.3 is 24.3 Å². The first-order valence-corrected chi connectivity index (χ1v) is 12.6. The van der Waals surface area contributed by atoms with Gasteiger partial charge >= 0.3 is 0 Å². The van der Waals surface area contributed by atoms with Crippen LogP contribution < -0.4 is 0 Å². The van der Waals surface area contributed by atoms with Crippen molar-refractivity contribution in [2.75, 3.05) is 114 Å². The van der Waals surface area contributed by atoms with E-state index in [1.807, 2.05) is 0 Å². The topological polar surface area (TPSA) is 28.7 Å². The van der Waals surface area contributed by atoms with Crippen LogP contribution in [0.3, 0.4) is 0 Å². The summed E-state index contributed by atoms with van der Waals surface area (Å²) in [7, 11) is 11.4. The van der Waals surface area contributed by atoms with Gasteiger partial charge in [0.2, 0.25) is 0 Å².